The zero-order valence-corrected chi connectivity index (χ0v) is 20.0. The van der Waals surface area contributed by atoms with Crippen LogP contribution in [0.3, 0.4) is 0 Å². The molecule has 1 aliphatic heterocycles. The molecule has 3 nitrogen and oxygen atoms in total. The third kappa shape index (κ3) is 4.67. The molecule has 6 heteroatoms. The maximum Gasteiger partial charge on any atom is 0.258 e. The summed E-state index contributed by atoms with van der Waals surface area (Å²) in [6.45, 7) is 3.09. The van der Waals surface area contributed by atoms with Gasteiger partial charge in [0.05, 0.1) is 15.7 Å². The first-order chi connectivity index (χ1) is 15.0. The van der Waals surface area contributed by atoms with Crippen LogP contribution in [0.15, 0.2) is 65.1 Å². The van der Waals surface area contributed by atoms with Crippen LogP contribution in [0.5, 0.6) is 5.75 Å². The highest BCUT2D eigenvalue weighted by atomic mass is 79.9. The Morgan fingerprint density at radius 1 is 1.03 bits per heavy atom. The smallest absolute Gasteiger partial charge is 0.258 e. The molecule has 158 valence electrons. The molecule has 0 N–H and O–H groups in total. The Balaban J connectivity index is 1.68. The Morgan fingerprint density at radius 2 is 1.84 bits per heavy atom. The van der Waals surface area contributed by atoms with Gasteiger partial charge in [0, 0.05) is 27.7 Å². The molecule has 3 aromatic rings. The fourth-order valence-electron chi connectivity index (χ4n) is 3.60. The highest BCUT2D eigenvalue weighted by Gasteiger charge is 2.31. The number of anilines is 1. The monoisotopic (exact) mass is 515 g/mol. The molecule has 0 bridgehead atoms. The van der Waals surface area contributed by atoms with E-state index in [0.29, 0.717) is 34.5 Å². The van der Waals surface area contributed by atoms with Crippen molar-refractivity contribution < 1.29 is 9.53 Å². The van der Waals surface area contributed by atoms with Crippen molar-refractivity contribution in [2.24, 2.45) is 0 Å². The van der Waals surface area contributed by atoms with Crippen molar-refractivity contribution in [3.8, 4) is 5.75 Å². The number of amides is 1. The topological polar surface area (TPSA) is 29.5 Å². The molecule has 0 saturated carbocycles. The van der Waals surface area contributed by atoms with Gasteiger partial charge in [-0.2, -0.15) is 0 Å². The third-order valence-corrected chi connectivity index (χ3v) is 6.29. The highest BCUT2D eigenvalue weighted by Crippen LogP contribution is 2.39. The van der Waals surface area contributed by atoms with E-state index in [0.717, 1.165) is 33.3 Å². The average Bonchev–Trinajstić information content (AvgIpc) is 3.02. The van der Waals surface area contributed by atoms with Gasteiger partial charge in [0.25, 0.3) is 5.91 Å². The van der Waals surface area contributed by atoms with Crippen molar-refractivity contribution >= 4 is 62.4 Å². The van der Waals surface area contributed by atoms with Crippen LogP contribution in [0, 0.1) is 0 Å². The van der Waals surface area contributed by atoms with Crippen LogP contribution in [0.1, 0.15) is 30.0 Å². The van der Waals surface area contributed by atoms with Gasteiger partial charge in [-0.3, -0.25) is 4.79 Å². The molecular formula is C25H20BrCl2NO2. The average molecular weight is 517 g/mol. The van der Waals surface area contributed by atoms with E-state index in [-0.39, 0.29) is 5.91 Å². The lowest BCUT2D eigenvalue weighted by molar-refractivity contribution is -0.113. The first-order valence-corrected chi connectivity index (χ1v) is 11.5. The van der Waals surface area contributed by atoms with Crippen molar-refractivity contribution in [3.05, 3.63) is 91.9 Å². The molecule has 0 radical (unpaired) electrons. The van der Waals surface area contributed by atoms with Crippen molar-refractivity contribution in [2.75, 3.05) is 11.4 Å². The van der Waals surface area contributed by atoms with E-state index in [1.54, 1.807) is 12.1 Å². The summed E-state index contributed by atoms with van der Waals surface area (Å²) in [6.07, 6.45) is 2.80. The molecular weight excluding hydrogens is 497 g/mol. The van der Waals surface area contributed by atoms with Crippen molar-refractivity contribution in [1.29, 1.82) is 0 Å². The van der Waals surface area contributed by atoms with Gasteiger partial charge in [0.2, 0.25) is 0 Å². The zero-order chi connectivity index (χ0) is 22.0. The number of fused-ring (bicyclic) bond motifs is 1. The Labute approximate surface area is 200 Å². The molecule has 0 unspecified atom stereocenters. The lowest BCUT2D eigenvalue weighted by Crippen LogP contribution is -2.26. The second-order valence-electron chi connectivity index (χ2n) is 7.25. The number of carbonyl (C=O) groups excluding carboxylic acids is 1. The second kappa shape index (κ2) is 9.47. The fraction of sp³-hybridized carbons (Fsp3) is 0.160. The molecule has 1 heterocycles. The predicted octanol–water partition coefficient (Wildman–Crippen LogP) is 7.63. The van der Waals surface area contributed by atoms with Gasteiger partial charge in [0.1, 0.15) is 12.4 Å². The number of ether oxygens (including phenoxy) is 1. The summed E-state index contributed by atoms with van der Waals surface area (Å²) in [6, 6.07) is 19.1. The molecule has 31 heavy (non-hydrogen) atoms. The minimum atomic E-state index is 0.0125. The molecule has 0 spiro atoms. The molecule has 0 aromatic heterocycles. The number of hydrogen-bond donors (Lipinski definition) is 0. The number of carbonyl (C=O) groups is 1. The molecule has 3 aromatic carbocycles. The second-order valence-corrected chi connectivity index (χ2v) is 8.98. The van der Waals surface area contributed by atoms with E-state index >= 15 is 0 Å². The Hall–Kier alpha value is -2.27. The van der Waals surface area contributed by atoms with E-state index in [2.05, 4.69) is 22.9 Å². The summed E-state index contributed by atoms with van der Waals surface area (Å²) in [5.41, 5.74) is 4.30. The summed E-state index contributed by atoms with van der Waals surface area (Å²) < 4.78 is 7.00. The Morgan fingerprint density at radius 3 is 2.61 bits per heavy atom. The van der Waals surface area contributed by atoms with Crippen LogP contribution in [0.25, 0.3) is 11.6 Å². The normalized spacial score (nSPS) is 14.3. The first-order valence-electron chi connectivity index (χ1n) is 9.97. The Bertz CT molecular complexity index is 1180. The zero-order valence-electron chi connectivity index (χ0n) is 16.9. The van der Waals surface area contributed by atoms with Crippen LogP contribution in [0.2, 0.25) is 10.0 Å². The van der Waals surface area contributed by atoms with E-state index in [4.69, 9.17) is 27.9 Å². The van der Waals surface area contributed by atoms with Crippen molar-refractivity contribution in [1.82, 2.24) is 0 Å². The van der Waals surface area contributed by atoms with Crippen molar-refractivity contribution in [3.63, 3.8) is 0 Å². The predicted molar refractivity (Wildman–Crippen MR) is 132 cm³/mol. The summed E-state index contributed by atoms with van der Waals surface area (Å²) in [5, 5.41) is 1.000. The number of nitrogens with zero attached hydrogens (tertiary/aromatic N) is 1. The van der Waals surface area contributed by atoms with Gasteiger partial charge in [-0.25, -0.2) is 0 Å². The van der Waals surface area contributed by atoms with Crippen LogP contribution in [-0.2, 0) is 11.4 Å². The standard InChI is InChI=1S/C25H20BrCl2NO2/c1-2-11-29-23-6-4-3-5-19(23)20(25(29)30)14-17-13-18(26)8-10-24(17)31-15-16-7-9-21(27)22(28)12-16/h3-10,12-14H,2,11,15H2,1H3/b20-14-. The van der Waals surface area contributed by atoms with Gasteiger partial charge in [-0.15, -0.1) is 0 Å². The van der Waals surface area contributed by atoms with Gasteiger partial charge >= 0.3 is 0 Å². The molecule has 1 aliphatic rings. The summed E-state index contributed by atoms with van der Waals surface area (Å²) in [5.74, 6) is 0.694. The third-order valence-electron chi connectivity index (χ3n) is 5.06. The number of rotatable bonds is 6. The number of para-hydroxylation sites is 1. The maximum atomic E-state index is 13.2. The van der Waals surface area contributed by atoms with Crippen LogP contribution < -0.4 is 9.64 Å². The molecule has 0 fully saturated rings. The Kier molecular flexibility index (Phi) is 6.71. The van der Waals surface area contributed by atoms with Gasteiger partial charge in [0.15, 0.2) is 0 Å². The molecule has 0 aliphatic carbocycles. The van der Waals surface area contributed by atoms with Gasteiger partial charge in [-0.05, 0) is 54.5 Å². The van der Waals surface area contributed by atoms with Crippen LogP contribution >= 0.6 is 39.1 Å². The van der Waals surface area contributed by atoms with Crippen LogP contribution in [0.4, 0.5) is 5.69 Å². The largest absolute Gasteiger partial charge is 0.488 e. The quantitative estimate of drug-likeness (QED) is 0.315. The minimum absolute atomic E-state index is 0.0125. The molecule has 1 amide bonds. The maximum absolute atomic E-state index is 13.2. The molecule has 0 saturated heterocycles. The van der Waals surface area contributed by atoms with E-state index in [1.807, 2.05) is 59.5 Å². The number of benzene rings is 3. The highest BCUT2D eigenvalue weighted by molar-refractivity contribution is 9.10. The van der Waals surface area contributed by atoms with Crippen molar-refractivity contribution in [2.45, 2.75) is 20.0 Å². The van der Waals surface area contributed by atoms with Gasteiger partial charge in [-0.1, -0.05) is 70.3 Å². The summed E-state index contributed by atoms with van der Waals surface area (Å²) in [7, 11) is 0. The van der Waals surface area contributed by atoms with Crippen LogP contribution in [-0.4, -0.2) is 12.5 Å². The fourth-order valence-corrected chi connectivity index (χ4v) is 4.30. The SMILES string of the molecule is CCCN1C(=O)/C(=C\c2cc(Br)ccc2OCc2ccc(Cl)c(Cl)c2)c2ccccc21. The summed E-state index contributed by atoms with van der Waals surface area (Å²) in [4.78, 5) is 15.0. The van der Waals surface area contributed by atoms with Gasteiger partial charge < -0.3 is 9.64 Å². The lowest BCUT2D eigenvalue weighted by atomic mass is 10.0. The number of hydrogen-bond acceptors (Lipinski definition) is 2. The van der Waals surface area contributed by atoms with E-state index in [1.165, 1.54) is 0 Å². The summed E-state index contributed by atoms with van der Waals surface area (Å²) >= 11 is 15.7. The lowest BCUT2D eigenvalue weighted by Gasteiger charge is -2.15. The first kappa shape index (κ1) is 21.9. The number of halogens is 3. The van der Waals surface area contributed by atoms with E-state index in [9.17, 15) is 4.79 Å². The minimum Gasteiger partial charge on any atom is -0.488 e. The molecule has 0 atom stereocenters. The van der Waals surface area contributed by atoms with E-state index < -0.39 is 0 Å². The molecule has 4 rings (SSSR count).